The Morgan fingerprint density at radius 1 is 1.03 bits per heavy atom. The van der Waals surface area contributed by atoms with E-state index in [1.165, 1.54) is 12.1 Å². The molecule has 2 amide bonds. The third kappa shape index (κ3) is 5.73. The summed E-state index contributed by atoms with van der Waals surface area (Å²) in [5.74, 6) is -1.07. The van der Waals surface area contributed by atoms with Crippen molar-refractivity contribution >= 4 is 40.3 Å². The minimum atomic E-state index is -0.810. The monoisotopic (exact) mass is 499 g/mol. The van der Waals surface area contributed by atoms with Crippen molar-refractivity contribution < 1.29 is 14.5 Å². The first kappa shape index (κ1) is 25.7. The summed E-state index contributed by atoms with van der Waals surface area (Å²) in [4.78, 5) is 45.2. The van der Waals surface area contributed by atoms with Crippen LogP contribution in [-0.2, 0) is 9.59 Å². The van der Waals surface area contributed by atoms with Gasteiger partial charge in [0.15, 0.2) is 0 Å². The van der Waals surface area contributed by atoms with E-state index in [0.29, 0.717) is 35.6 Å². The smallest absolute Gasteiger partial charge is 0.269 e. The Labute approximate surface area is 215 Å². The molecule has 0 fully saturated rings. The summed E-state index contributed by atoms with van der Waals surface area (Å²) in [6.07, 6.45) is 0.397. The second-order valence-electron chi connectivity index (χ2n) is 9.03. The molecule has 0 radical (unpaired) electrons. The van der Waals surface area contributed by atoms with Crippen molar-refractivity contribution in [1.82, 2.24) is 4.90 Å². The van der Waals surface area contributed by atoms with Crippen LogP contribution in [0.1, 0.15) is 30.4 Å². The third-order valence-corrected chi connectivity index (χ3v) is 6.21. The fourth-order valence-corrected chi connectivity index (χ4v) is 4.27. The summed E-state index contributed by atoms with van der Waals surface area (Å²) in [6, 6.07) is 21.0. The van der Waals surface area contributed by atoms with E-state index < -0.39 is 10.8 Å². The van der Waals surface area contributed by atoms with Gasteiger partial charge in [0.2, 0.25) is 11.8 Å². The molecule has 0 saturated heterocycles. The van der Waals surface area contributed by atoms with Crippen LogP contribution in [0.3, 0.4) is 0 Å². The highest BCUT2D eigenvalue weighted by molar-refractivity contribution is 6.24. The van der Waals surface area contributed by atoms with Crippen LogP contribution in [0.15, 0.2) is 77.8 Å². The number of anilines is 2. The van der Waals surface area contributed by atoms with Crippen LogP contribution in [0.4, 0.5) is 22.7 Å². The van der Waals surface area contributed by atoms with Gasteiger partial charge in [-0.15, -0.1) is 0 Å². The Hall–Kier alpha value is -4.37. The molecule has 1 atom stereocenters. The molecule has 0 aliphatic carbocycles. The summed E-state index contributed by atoms with van der Waals surface area (Å²) in [5, 5.41) is 14.2. The average Bonchev–Trinajstić information content (AvgIpc) is 3.22. The molecule has 1 N–H and O–H groups in total. The van der Waals surface area contributed by atoms with E-state index in [1.807, 2.05) is 80.5 Å². The fourth-order valence-electron chi connectivity index (χ4n) is 4.27. The molecular formula is C28H29N5O4. The maximum Gasteiger partial charge on any atom is 0.269 e. The van der Waals surface area contributed by atoms with Gasteiger partial charge in [-0.2, -0.15) is 0 Å². The highest BCUT2D eigenvalue weighted by Crippen LogP contribution is 2.38. The standard InChI is InChI=1S/C28H29N5O4/c1-4-25(34)32(17-16-31(2)3)21-12-10-20(11-13-21)29-27(19-8-6-5-7-9-19)26-23-18-22(33(36)37)14-15-24(23)30-28(26)35/h5-15,18,26H,4,16-17H2,1-3H3,(H,30,35). The van der Waals surface area contributed by atoms with Crippen molar-refractivity contribution in [2.45, 2.75) is 19.3 Å². The number of aliphatic imine (C=N–C) groups is 1. The number of carbonyl (C=O) groups is 2. The van der Waals surface area contributed by atoms with Crippen molar-refractivity contribution in [2.75, 3.05) is 37.4 Å². The predicted molar refractivity (Wildman–Crippen MR) is 145 cm³/mol. The first-order chi connectivity index (χ1) is 17.8. The van der Waals surface area contributed by atoms with Gasteiger partial charge in [0.05, 0.1) is 16.3 Å². The number of nitrogens with one attached hydrogen (secondary N) is 1. The van der Waals surface area contributed by atoms with Crippen LogP contribution < -0.4 is 10.2 Å². The van der Waals surface area contributed by atoms with Crippen molar-refractivity contribution in [3.8, 4) is 0 Å². The summed E-state index contributed by atoms with van der Waals surface area (Å²) in [5.41, 5.74) is 3.56. The molecule has 1 unspecified atom stereocenters. The lowest BCUT2D eigenvalue weighted by Crippen LogP contribution is -2.36. The molecule has 4 rings (SSSR count). The normalized spacial score (nSPS) is 14.9. The highest BCUT2D eigenvalue weighted by atomic mass is 16.6. The van der Waals surface area contributed by atoms with Crippen LogP contribution in [0.5, 0.6) is 0 Å². The number of fused-ring (bicyclic) bond motifs is 1. The number of hydrogen-bond donors (Lipinski definition) is 1. The molecule has 1 aliphatic rings. The molecule has 1 aliphatic heterocycles. The molecule has 0 saturated carbocycles. The van der Waals surface area contributed by atoms with E-state index in [9.17, 15) is 19.7 Å². The maximum absolute atomic E-state index is 13.1. The number of carbonyl (C=O) groups excluding carboxylic acids is 2. The Bertz CT molecular complexity index is 1340. The Morgan fingerprint density at radius 2 is 1.73 bits per heavy atom. The number of likely N-dealkylation sites (N-methyl/N-ethyl adjacent to an activating group) is 1. The zero-order chi connectivity index (χ0) is 26.5. The van der Waals surface area contributed by atoms with Crippen LogP contribution in [-0.4, -0.2) is 54.5 Å². The second kappa shape index (κ2) is 11.1. The van der Waals surface area contributed by atoms with Crippen LogP contribution in [0.25, 0.3) is 0 Å². The van der Waals surface area contributed by atoms with E-state index in [0.717, 1.165) is 17.8 Å². The number of hydrogen-bond acceptors (Lipinski definition) is 6. The average molecular weight is 500 g/mol. The lowest BCUT2D eigenvalue weighted by Gasteiger charge is -2.24. The van der Waals surface area contributed by atoms with E-state index in [2.05, 4.69) is 5.32 Å². The summed E-state index contributed by atoms with van der Waals surface area (Å²) in [6.45, 7) is 3.13. The number of nitro benzene ring substituents is 1. The number of nitro groups is 1. The largest absolute Gasteiger partial charge is 0.325 e. The molecule has 3 aromatic rings. The van der Waals surface area contributed by atoms with Crippen molar-refractivity contribution in [3.05, 3.63) is 94.0 Å². The summed E-state index contributed by atoms with van der Waals surface area (Å²) >= 11 is 0. The van der Waals surface area contributed by atoms with Gasteiger partial charge >= 0.3 is 0 Å². The van der Waals surface area contributed by atoms with Crippen LogP contribution in [0.2, 0.25) is 0 Å². The first-order valence-electron chi connectivity index (χ1n) is 12.1. The maximum atomic E-state index is 13.1. The number of non-ortho nitro benzene ring substituents is 1. The molecule has 0 aromatic heterocycles. The van der Waals surface area contributed by atoms with Gasteiger partial charge in [0.25, 0.3) is 5.69 Å². The fraction of sp³-hybridized carbons (Fsp3) is 0.250. The molecule has 9 nitrogen and oxygen atoms in total. The lowest BCUT2D eigenvalue weighted by molar-refractivity contribution is -0.384. The quantitative estimate of drug-likeness (QED) is 0.260. The van der Waals surface area contributed by atoms with Crippen LogP contribution >= 0.6 is 0 Å². The number of rotatable bonds is 9. The van der Waals surface area contributed by atoms with Gasteiger partial charge < -0.3 is 15.1 Å². The van der Waals surface area contributed by atoms with E-state index in [-0.39, 0.29) is 17.5 Å². The lowest BCUT2D eigenvalue weighted by atomic mass is 9.90. The zero-order valence-corrected chi connectivity index (χ0v) is 21.0. The Morgan fingerprint density at radius 3 is 2.35 bits per heavy atom. The van der Waals surface area contributed by atoms with Crippen molar-refractivity contribution in [3.63, 3.8) is 0 Å². The molecule has 1 heterocycles. The van der Waals surface area contributed by atoms with E-state index in [1.54, 1.807) is 11.0 Å². The number of amides is 2. The van der Waals surface area contributed by atoms with Gasteiger partial charge in [0, 0.05) is 48.6 Å². The van der Waals surface area contributed by atoms with Crippen molar-refractivity contribution in [1.29, 1.82) is 0 Å². The highest BCUT2D eigenvalue weighted by Gasteiger charge is 2.36. The third-order valence-electron chi connectivity index (χ3n) is 6.21. The predicted octanol–water partition coefficient (Wildman–Crippen LogP) is 4.76. The van der Waals surface area contributed by atoms with Gasteiger partial charge in [0.1, 0.15) is 5.92 Å². The zero-order valence-electron chi connectivity index (χ0n) is 21.0. The van der Waals surface area contributed by atoms with Crippen molar-refractivity contribution in [2.24, 2.45) is 4.99 Å². The Kier molecular flexibility index (Phi) is 7.74. The molecule has 0 spiro atoms. The van der Waals surface area contributed by atoms with E-state index in [4.69, 9.17) is 4.99 Å². The topological polar surface area (TPSA) is 108 Å². The van der Waals surface area contributed by atoms with Gasteiger partial charge in [-0.25, -0.2) is 0 Å². The Balaban J connectivity index is 1.74. The van der Waals surface area contributed by atoms with Gasteiger partial charge in [-0.3, -0.25) is 24.7 Å². The van der Waals surface area contributed by atoms with E-state index >= 15 is 0 Å². The summed E-state index contributed by atoms with van der Waals surface area (Å²) < 4.78 is 0. The molecular weight excluding hydrogens is 470 g/mol. The number of benzene rings is 3. The second-order valence-corrected chi connectivity index (χ2v) is 9.03. The molecule has 3 aromatic carbocycles. The molecule has 9 heteroatoms. The minimum absolute atomic E-state index is 0.0314. The molecule has 0 bridgehead atoms. The number of nitrogens with zero attached hydrogens (tertiary/aromatic N) is 4. The first-order valence-corrected chi connectivity index (χ1v) is 12.1. The van der Waals surface area contributed by atoms with Crippen LogP contribution in [0, 0.1) is 10.1 Å². The van der Waals surface area contributed by atoms with Gasteiger partial charge in [-0.05, 0) is 50.0 Å². The molecule has 37 heavy (non-hydrogen) atoms. The SMILES string of the molecule is CCC(=O)N(CCN(C)C)c1ccc(N=C(c2ccccc2)C2C(=O)Nc3ccc([N+](=O)[O-])cc32)cc1. The minimum Gasteiger partial charge on any atom is -0.325 e. The van der Waals surface area contributed by atoms with Gasteiger partial charge in [-0.1, -0.05) is 37.3 Å². The summed E-state index contributed by atoms with van der Waals surface area (Å²) in [7, 11) is 3.92. The molecule has 190 valence electrons.